The number of nitrogens with one attached hydrogen (secondary N) is 4. The molecule has 0 aliphatic carbocycles. The van der Waals surface area contributed by atoms with Gasteiger partial charge in [-0.2, -0.15) is 0 Å². The summed E-state index contributed by atoms with van der Waals surface area (Å²) in [5.41, 5.74) is 11.0. The number of benzene rings is 7. The average molecular weight is 1750 g/mol. The molecule has 125 heavy (non-hydrogen) atoms. The number of ether oxygens (including phenoxy) is 8. The van der Waals surface area contributed by atoms with Crippen molar-refractivity contribution in [3.63, 3.8) is 0 Å². The van der Waals surface area contributed by atoms with E-state index in [1.165, 1.54) is 81.4 Å². The topological polar surface area (TPSA) is 516 Å². The van der Waals surface area contributed by atoms with Gasteiger partial charge in [-0.3, -0.25) is 38.5 Å². The Morgan fingerprint density at radius 3 is 1.96 bits per heavy atom. The number of aryl methyl sites for hydroxylation is 1. The molecule has 8 heterocycles. The zero-order chi connectivity index (χ0) is 90.3. The molecular formula is C91H106ClN7O26. The van der Waals surface area contributed by atoms with Crippen molar-refractivity contribution in [2.24, 2.45) is 29.2 Å². The van der Waals surface area contributed by atoms with Crippen molar-refractivity contribution in [1.82, 2.24) is 26.2 Å². The van der Waals surface area contributed by atoms with E-state index in [4.69, 9.17) is 61.0 Å². The van der Waals surface area contributed by atoms with E-state index in [0.717, 1.165) is 41.0 Å². The van der Waals surface area contributed by atoms with E-state index >= 15 is 24.0 Å². The van der Waals surface area contributed by atoms with Crippen LogP contribution in [0.1, 0.15) is 163 Å². The third kappa shape index (κ3) is 19.9. The number of aliphatic hydroxyl groups is 6. The number of aromatic hydroxyl groups is 3. The van der Waals surface area contributed by atoms with Crippen molar-refractivity contribution in [2.45, 2.75) is 228 Å². The quantitative estimate of drug-likeness (QED) is 0.0379. The third-order valence-corrected chi connectivity index (χ3v) is 24.8. The number of primary amides is 1. The van der Waals surface area contributed by atoms with Gasteiger partial charge in [-0.1, -0.05) is 93.0 Å². The number of carboxylic acid groups (broad SMARTS) is 1. The van der Waals surface area contributed by atoms with E-state index < -0.39 is 257 Å². The Labute approximate surface area is 725 Å². The number of ketones is 2. The number of likely N-dealkylation sites (N-methyl/N-ethyl adjacent to an activating group) is 1. The van der Waals surface area contributed by atoms with Crippen LogP contribution < -0.4 is 46.9 Å². The Kier molecular flexibility index (Phi) is 27.8. The van der Waals surface area contributed by atoms with Crippen molar-refractivity contribution in [3.05, 3.63) is 177 Å². The molecule has 3 fully saturated rings. The number of fused-ring (bicyclic) bond motifs is 15. The minimum absolute atomic E-state index is 0.0108. The van der Waals surface area contributed by atoms with Crippen molar-refractivity contribution in [2.75, 3.05) is 13.7 Å². The summed E-state index contributed by atoms with van der Waals surface area (Å²) in [5, 5.41) is 129. The van der Waals surface area contributed by atoms with Gasteiger partial charge in [0, 0.05) is 77.9 Å². The molecule has 668 valence electrons. The van der Waals surface area contributed by atoms with Crippen LogP contribution in [0.4, 0.5) is 0 Å². The maximum Gasteiger partial charge on any atom is 0.330 e. The number of carboxylic acids is 1. The van der Waals surface area contributed by atoms with Gasteiger partial charge in [0.1, 0.15) is 77.4 Å². The fourth-order valence-electron chi connectivity index (χ4n) is 17.4. The Balaban J connectivity index is 1.01. The first-order chi connectivity index (χ1) is 59.2. The molecule has 18 N–H and O–H groups in total. The number of nitrogens with two attached hydrogens (primary N) is 2. The van der Waals surface area contributed by atoms with Gasteiger partial charge >= 0.3 is 5.97 Å². The van der Waals surface area contributed by atoms with Crippen LogP contribution in [0, 0.1) is 24.7 Å². The number of rotatable bonds is 19. The molecule has 7 aromatic carbocycles. The van der Waals surface area contributed by atoms with Crippen LogP contribution in [0.2, 0.25) is 5.02 Å². The number of carbonyl (C=O) groups is 8. The van der Waals surface area contributed by atoms with Crippen molar-refractivity contribution in [3.8, 4) is 68.2 Å². The zero-order valence-corrected chi connectivity index (χ0v) is 70.9. The molecule has 0 radical (unpaired) electrons. The highest BCUT2D eigenvalue weighted by Crippen LogP contribution is 2.51. The SMILES string of the molecule is CCC(CC(C)C)C(=O)NC1C(=O)CC(CC(N)=O)C(=O)NC2C(=O)CC3C(=O)N[C@H](C(=O)N[C@@H](C(=O)O)c4cc(O)cc(O)c4-c4cc3ccc4O)C(OC3CC(C)(N)C(O)C(C)O3)c3ccc(c(C)c3)Oc3cc2cc(c3OC2OC(CO)C(O)C(O)C2OC2CC(C)(N(C)Cc3ccc(-c4ccc(Cl)cc4)cc3)C(O)C(C)O2)Oc2ccc(cc2)C1O. The number of nitrogens with zero attached hydrogens (tertiary/aromatic N) is 1. The van der Waals surface area contributed by atoms with Crippen molar-refractivity contribution < 1.29 is 127 Å². The fraction of sp³-hybridized carbons (Fsp3) is 0.451. The van der Waals surface area contributed by atoms with Crippen molar-refractivity contribution in [1.29, 1.82) is 0 Å². The monoisotopic (exact) mass is 1750 g/mol. The molecular weight excluding hydrogens is 1640 g/mol. The van der Waals surface area contributed by atoms with E-state index in [1.54, 1.807) is 32.9 Å². The largest absolute Gasteiger partial charge is 0.508 e. The number of aliphatic hydroxyl groups excluding tert-OH is 6. The summed E-state index contributed by atoms with van der Waals surface area (Å²) in [4.78, 5) is 123. The van der Waals surface area contributed by atoms with Crippen LogP contribution in [-0.4, -0.2) is 208 Å². The Bertz CT molecular complexity index is 5200. The van der Waals surface area contributed by atoms with Crippen LogP contribution in [0.3, 0.4) is 0 Å². The van der Waals surface area contributed by atoms with E-state index in [0.29, 0.717) is 24.4 Å². The second kappa shape index (κ2) is 37.8. The minimum atomic E-state index is -2.25. The summed E-state index contributed by atoms with van der Waals surface area (Å²) in [6.07, 6.45) is -23.2. The number of phenols is 3. The highest BCUT2D eigenvalue weighted by atomic mass is 35.5. The van der Waals surface area contributed by atoms with Gasteiger partial charge < -0.3 is 122 Å². The number of Topliss-reactive ketones (excluding diaryl/α,β-unsaturated/α-hetero) is 2. The average Bonchev–Trinajstić information content (AvgIpc) is 0.765. The normalized spacial score (nSPS) is 29.9. The van der Waals surface area contributed by atoms with Gasteiger partial charge in [0.05, 0.1) is 48.4 Å². The van der Waals surface area contributed by atoms with E-state index in [-0.39, 0.29) is 58.1 Å². The number of hydrogen-bond donors (Lipinski definition) is 16. The molecule has 8 aliphatic rings. The summed E-state index contributed by atoms with van der Waals surface area (Å²) in [7, 11) is 1.81. The molecule has 15 rings (SSSR count). The number of amides is 5. The standard InChI is InChI=1S/C91H106ClN7O26/c1-10-46(27-41(2)3)84(112)97-74-62(104)30-53(33-68(93)106)85(113)95-72-52-31-65(120-56-23-17-49(18-24-56)76(74)107)80(125-89-81(78(109)77(108)67(40-100)122-89)124-70-38-91(8,83(111)44(6)119-70)99(9)39-45-11-13-47(14-12-45)48-15-21-54(92)22-16-48)66(32-52)121-64-26-20-51(28-42(64)4)79(123-69-37-90(7,94)82(110)43(5)118-69)75-87(115)96-73(88(116)117)59-34-55(101)35-61(103)71(59)58-29-50(19-25-60(58)102)57(36-63(72)105)86(114)98-75/h11-26,28-29,31-32,34-35,41,43-44,46,53,57,67,69-70,72-79,81-83,89,100-103,107-111H,10,27,30,33,36-40,94H2,1-9H3,(H2,93,106)(H,95,113)(H,96,115)(H,97,112)(H,98,114)(H,116,117)/t43?,44?,46?,53?,57?,67?,69?,70?,72?,73-,74?,75+,76?,77?,78?,79?,81?,82?,83?,89?,90?,91?/m1/s1. The Morgan fingerprint density at radius 1 is 0.688 bits per heavy atom. The highest BCUT2D eigenvalue weighted by Gasteiger charge is 2.54. The molecule has 22 atom stereocenters. The molecule has 8 aliphatic heterocycles. The number of aliphatic carboxylic acids is 1. The second-order valence-electron chi connectivity index (χ2n) is 34.2. The first-order valence-corrected chi connectivity index (χ1v) is 41.8. The molecule has 0 saturated carbocycles. The molecule has 11 bridgehead atoms. The smallest absolute Gasteiger partial charge is 0.330 e. The van der Waals surface area contributed by atoms with Gasteiger partial charge in [-0.05, 0) is 172 Å². The summed E-state index contributed by atoms with van der Waals surface area (Å²) >= 11 is 6.20. The summed E-state index contributed by atoms with van der Waals surface area (Å²) in [5.74, 6) is -17.8. The molecule has 5 amide bonds. The maximum atomic E-state index is 16.7. The van der Waals surface area contributed by atoms with Crippen LogP contribution in [-0.2, 0) is 68.6 Å². The minimum Gasteiger partial charge on any atom is -0.508 e. The lowest BCUT2D eigenvalue weighted by Crippen LogP contribution is -2.65. The Morgan fingerprint density at radius 2 is 1.33 bits per heavy atom. The summed E-state index contributed by atoms with van der Waals surface area (Å²) < 4.78 is 53.7. The van der Waals surface area contributed by atoms with Crippen molar-refractivity contribution >= 4 is 58.7 Å². The molecule has 7 aromatic rings. The van der Waals surface area contributed by atoms with Crippen LogP contribution in [0.25, 0.3) is 22.3 Å². The molecule has 0 spiro atoms. The second-order valence-corrected chi connectivity index (χ2v) is 34.7. The summed E-state index contributed by atoms with van der Waals surface area (Å²) in [6, 6.07) is 24.0. The molecule has 33 nitrogen and oxygen atoms in total. The third-order valence-electron chi connectivity index (χ3n) is 24.5. The maximum absolute atomic E-state index is 16.7. The van der Waals surface area contributed by atoms with E-state index in [9.17, 15) is 65.4 Å². The lowest BCUT2D eigenvalue weighted by molar-refractivity contribution is -0.338. The lowest BCUT2D eigenvalue weighted by atomic mass is 9.83. The predicted octanol–water partition coefficient (Wildman–Crippen LogP) is 7.25. The number of hydrogen-bond acceptors (Lipinski definition) is 27. The first-order valence-electron chi connectivity index (χ1n) is 41.4. The molecule has 0 aromatic heterocycles. The van der Waals surface area contributed by atoms with Gasteiger partial charge in [0.25, 0.3) is 0 Å². The number of phenolic OH excluding ortho intramolecular Hbond substituents is 3. The molecule has 34 heteroatoms. The van der Waals surface area contributed by atoms with Crippen LogP contribution in [0.15, 0.2) is 133 Å². The molecule has 20 unspecified atom stereocenters. The Hall–Kier alpha value is -10.7. The fourth-order valence-corrected chi connectivity index (χ4v) is 17.5. The first kappa shape index (κ1) is 92.0. The van der Waals surface area contributed by atoms with Crippen LogP contribution >= 0.6 is 11.6 Å². The van der Waals surface area contributed by atoms with Crippen LogP contribution in [0.5, 0.6) is 46.0 Å². The number of carbonyl (C=O) groups excluding carboxylic acids is 7. The van der Waals surface area contributed by atoms with Gasteiger partial charge in [0.15, 0.2) is 47.8 Å². The number of halogens is 1. The lowest BCUT2D eigenvalue weighted by Gasteiger charge is -2.51. The van der Waals surface area contributed by atoms with Gasteiger partial charge in [0.2, 0.25) is 41.6 Å². The van der Waals surface area contributed by atoms with Gasteiger partial charge in [-0.25, -0.2) is 4.79 Å². The zero-order valence-electron chi connectivity index (χ0n) is 70.2. The molecule has 3 saturated heterocycles. The van der Waals surface area contributed by atoms with E-state index in [2.05, 4.69) is 21.3 Å². The van der Waals surface area contributed by atoms with E-state index in [1.807, 2.05) is 62.2 Å². The van der Waals surface area contributed by atoms with Gasteiger partial charge in [-0.15, -0.1) is 0 Å². The predicted molar refractivity (Wildman–Crippen MR) is 448 cm³/mol. The summed E-state index contributed by atoms with van der Waals surface area (Å²) in [6.45, 7) is 12.9. The highest BCUT2D eigenvalue weighted by molar-refractivity contribution is 6.30.